The molecule has 0 spiro atoms. The molecule has 0 heterocycles. The maximum atomic E-state index is 12.3. The highest BCUT2D eigenvalue weighted by molar-refractivity contribution is 7.89. The number of fused-ring (bicyclic) bond motifs is 1. The number of amides is 1. The van der Waals surface area contributed by atoms with E-state index in [9.17, 15) is 13.2 Å². The van der Waals surface area contributed by atoms with Crippen LogP contribution in [0.1, 0.15) is 36.0 Å². The van der Waals surface area contributed by atoms with E-state index in [-0.39, 0.29) is 10.8 Å². The Hall–Kier alpha value is -2.18. The summed E-state index contributed by atoms with van der Waals surface area (Å²) < 4.78 is 25.7. The molecule has 3 rings (SSSR count). The molecular weight excluding hydrogens is 348 g/mol. The van der Waals surface area contributed by atoms with Crippen LogP contribution in [-0.4, -0.2) is 21.4 Å². The lowest BCUT2D eigenvalue weighted by Gasteiger charge is -2.19. The van der Waals surface area contributed by atoms with Gasteiger partial charge in [0.25, 0.3) is 0 Å². The van der Waals surface area contributed by atoms with Gasteiger partial charge in [0.2, 0.25) is 15.9 Å². The molecule has 0 unspecified atom stereocenters. The Labute approximate surface area is 154 Å². The smallest absolute Gasteiger partial charge is 0.240 e. The molecule has 26 heavy (non-hydrogen) atoms. The van der Waals surface area contributed by atoms with Gasteiger partial charge in [0.15, 0.2) is 0 Å². The summed E-state index contributed by atoms with van der Waals surface area (Å²) in [6.45, 7) is 0. The SMILES string of the molecule is CNS(=O)(=O)c1ccc(CCC(=O)Nc2cccc3c2CCCC3)cc1. The molecule has 1 aliphatic rings. The van der Waals surface area contributed by atoms with Crippen LogP contribution in [0.15, 0.2) is 47.4 Å². The highest BCUT2D eigenvalue weighted by Gasteiger charge is 2.15. The van der Waals surface area contributed by atoms with Gasteiger partial charge in [-0.05, 0) is 74.0 Å². The van der Waals surface area contributed by atoms with E-state index >= 15 is 0 Å². The van der Waals surface area contributed by atoms with Crippen molar-refractivity contribution in [1.29, 1.82) is 0 Å². The fourth-order valence-electron chi connectivity index (χ4n) is 3.32. The number of hydrogen-bond acceptors (Lipinski definition) is 3. The quantitative estimate of drug-likeness (QED) is 0.818. The number of sulfonamides is 1. The van der Waals surface area contributed by atoms with Crippen LogP contribution in [0.4, 0.5) is 5.69 Å². The van der Waals surface area contributed by atoms with Crippen molar-refractivity contribution in [1.82, 2.24) is 4.72 Å². The van der Waals surface area contributed by atoms with Crippen molar-refractivity contribution < 1.29 is 13.2 Å². The molecule has 0 bridgehead atoms. The zero-order chi connectivity index (χ0) is 18.6. The average Bonchev–Trinajstić information content (AvgIpc) is 2.67. The van der Waals surface area contributed by atoms with Gasteiger partial charge in [0, 0.05) is 12.1 Å². The largest absolute Gasteiger partial charge is 0.326 e. The Morgan fingerprint density at radius 3 is 2.50 bits per heavy atom. The predicted octanol–water partition coefficient (Wildman–Crippen LogP) is 3.04. The number of hydrogen-bond donors (Lipinski definition) is 2. The molecular formula is C20H24N2O3S. The van der Waals surface area contributed by atoms with E-state index in [1.165, 1.54) is 31.0 Å². The Bertz CT molecular complexity index is 890. The van der Waals surface area contributed by atoms with Crippen LogP contribution < -0.4 is 10.0 Å². The lowest BCUT2D eigenvalue weighted by molar-refractivity contribution is -0.116. The molecule has 0 fully saturated rings. The third kappa shape index (κ3) is 4.31. The lowest BCUT2D eigenvalue weighted by Crippen LogP contribution is -2.18. The zero-order valence-corrected chi connectivity index (χ0v) is 15.7. The van der Waals surface area contributed by atoms with Gasteiger partial charge in [-0.2, -0.15) is 0 Å². The number of rotatable bonds is 6. The molecule has 2 N–H and O–H groups in total. The molecule has 2 aromatic carbocycles. The van der Waals surface area contributed by atoms with Crippen LogP contribution in [0.5, 0.6) is 0 Å². The summed E-state index contributed by atoms with van der Waals surface area (Å²) in [5, 5.41) is 3.04. The molecule has 0 atom stereocenters. The monoisotopic (exact) mass is 372 g/mol. The van der Waals surface area contributed by atoms with Gasteiger partial charge in [-0.25, -0.2) is 13.1 Å². The molecule has 6 heteroatoms. The normalized spacial score (nSPS) is 13.9. The summed E-state index contributed by atoms with van der Waals surface area (Å²) in [6, 6.07) is 12.7. The van der Waals surface area contributed by atoms with E-state index in [2.05, 4.69) is 16.1 Å². The van der Waals surface area contributed by atoms with Crippen LogP contribution >= 0.6 is 0 Å². The third-order valence-corrected chi connectivity index (χ3v) is 6.24. The van der Waals surface area contributed by atoms with Crippen molar-refractivity contribution in [2.24, 2.45) is 0 Å². The Kier molecular flexibility index (Phi) is 5.74. The highest BCUT2D eigenvalue weighted by Crippen LogP contribution is 2.28. The number of anilines is 1. The van der Waals surface area contributed by atoms with Gasteiger partial charge in [0.05, 0.1) is 4.90 Å². The van der Waals surface area contributed by atoms with Gasteiger partial charge in [0.1, 0.15) is 0 Å². The number of carbonyl (C=O) groups excluding carboxylic acids is 1. The first-order chi connectivity index (χ1) is 12.5. The Morgan fingerprint density at radius 1 is 1.04 bits per heavy atom. The molecule has 1 aliphatic carbocycles. The number of aryl methyl sites for hydroxylation is 2. The molecule has 138 valence electrons. The number of nitrogens with one attached hydrogen (secondary N) is 2. The summed E-state index contributed by atoms with van der Waals surface area (Å²) in [5.41, 5.74) is 4.48. The van der Waals surface area contributed by atoms with Crippen LogP contribution in [0.3, 0.4) is 0 Å². The van der Waals surface area contributed by atoms with E-state index in [0.29, 0.717) is 12.8 Å². The maximum absolute atomic E-state index is 12.3. The molecule has 1 amide bonds. The molecule has 0 radical (unpaired) electrons. The standard InChI is InChI=1S/C20H24N2O3S/c1-21-26(24,25)17-12-9-15(10-13-17)11-14-20(23)22-19-8-4-6-16-5-2-3-7-18(16)19/h4,6,8-10,12-13,21H,2-3,5,7,11,14H2,1H3,(H,22,23). The van der Waals surface area contributed by atoms with Gasteiger partial charge >= 0.3 is 0 Å². The average molecular weight is 372 g/mol. The van der Waals surface area contributed by atoms with E-state index in [4.69, 9.17) is 0 Å². The topological polar surface area (TPSA) is 75.3 Å². The first-order valence-corrected chi connectivity index (χ1v) is 10.4. The van der Waals surface area contributed by atoms with Crippen LogP contribution in [-0.2, 0) is 34.1 Å². The summed E-state index contributed by atoms with van der Waals surface area (Å²) in [4.78, 5) is 12.6. The minimum absolute atomic E-state index is 0.0177. The molecule has 0 aliphatic heterocycles. The van der Waals surface area contributed by atoms with Gasteiger partial charge in [-0.15, -0.1) is 0 Å². The fourth-order valence-corrected chi connectivity index (χ4v) is 4.05. The lowest BCUT2D eigenvalue weighted by atomic mass is 9.90. The maximum Gasteiger partial charge on any atom is 0.240 e. The van der Waals surface area contributed by atoms with Gasteiger partial charge in [-0.1, -0.05) is 24.3 Å². The van der Waals surface area contributed by atoms with Crippen molar-refractivity contribution in [3.63, 3.8) is 0 Å². The van der Waals surface area contributed by atoms with E-state index in [0.717, 1.165) is 24.1 Å². The third-order valence-electron chi connectivity index (χ3n) is 4.81. The first-order valence-electron chi connectivity index (χ1n) is 8.93. The summed E-state index contributed by atoms with van der Waals surface area (Å²) in [5.74, 6) is -0.0177. The van der Waals surface area contributed by atoms with Crippen LogP contribution in [0.2, 0.25) is 0 Å². The number of carbonyl (C=O) groups is 1. The minimum atomic E-state index is -3.43. The summed E-state index contributed by atoms with van der Waals surface area (Å²) >= 11 is 0. The Morgan fingerprint density at radius 2 is 1.77 bits per heavy atom. The van der Waals surface area contributed by atoms with Crippen molar-refractivity contribution in [3.8, 4) is 0 Å². The van der Waals surface area contributed by atoms with E-state index < -0.39 is 10.0 Å². The fraction of sp³-hybridized carbons (Fsp3) is 0.350. The van der Waals surface area contributed by atoms with Crippen molar-refractivity contribution in [2.75, 3.05) is 12.4 Å². The second-order valence-corrected chi connectivity index (χ2v) is 8.44. The van der Waals surface area contributed by atoms with E-state index in [1.807, 2.05) is 12.1 Å². The molecule has 5 nitrogen and oxygen atoms in total. The van der Waals surface area contributed by atoms with Gasteiger partial charge < -0.3 is 5.32 Å². The second kappa shape index (κ2) is 8.01. The molecule has 0 saturated heterocycles. The minimum Gasteiger partial charge on any atom is -0.326 e. The highest BCUT2D eigenvalue weighted by atomic mass is 32.2. The molecule has 0 aromatic heterocycles. The Balaban J connectivity index is 1.60. The summed E-state index contributed by atoms with van der Waals surface area (Å²) in [6.07, 6.45) is 5.42. The molecule has 2 aromatic rings. The number of benzene rings is 2. The van der Waals surface area contributed by atoms with E-state index in [1.54, 1.807) is 24.3 Å². The van der Waals surface area contributed by atoms with Crippen molar-refractivity contribution >= 4 is 21.6 Å². The second-order valence-electron chi connectivity index (χ2n) is 6.55. The zero-order valence-electron chi connectivity index (χ0n) is 14.9. The van der Waals surface area contributed by atoms with Crippen LogP contribution in [0, 0.1) is 0 Å². The van der Waals surface area contributed by atoms with Crippen molar-refractivity contribution in [3.05, 3.63) is 59.2 Å². The van der Waals surface area contributed by atoms with Gasteiger partial charge in [-0.3, -0.25) is 4.79 Å². The van der Waals surface area contributed by atoms with Crippen LogP contribution in [0.25, 0.3) is 0 Å². The van der Waals surface area contributed by atoms with Crippen molar-refractivity contribution in [2.45, 2.75) is 43.4 Å². The molecule has 0 saturated carbocycles. The predicted molar refractivity (Wildman–Crippen MR) is 103 cm³/mol. The first kappa shape index (κ1) is 18.6. The summed E-state index contributed by atoms with van der Waals surface area (Å²) in [7, 11) is -2.04.